The molecule has 2 aromatic heterocycles. The van der Waals surface area contributed by atoms with Gasteiger partial charge in [-0.25, -0.2) is 4.98 Å². The van der Waals surface area contributed by atoms with Gasteiger partial charge in [0.2, 0.25) is 0 Å². The average molecular weight is 419 g/mol. The number of hydrogen-bond donors (Lipinski definition) is 2. The van der Waals surface area contributed by atoms with Crippen molar-refractivity contribution in [3.05, 3.63) is 77.1 Å². The Morgan fingerprint density at radius 1 is 1.13 bits per heavy atom. The van der Waals surface area contributed by atoms with Crippen molar-refractivity contribution < 1.29 is 4.74 Å². The Morgan fingerprint density at radius 3 is 2.83 bits per heavy atom. The van der Waals surface area contributed by atoms with E-state index in [0.29, 0.717) is 5.02 Å². The summed E-state index contributed by atoms with van der Waals surface area (Å²) >= 11 is 6.41. The van der Waals surface area contributed by atoms with Crippen LogP contribution in [0.1, 0.15) is 11.1 Å². The fraction of sp³-hybridized carbons (Fsp3) is 0.208. The number of aromatic nitrogens is 2. The molecule has 30 heavy (non-hydrogen) atoms. The van der Waals surface area contributed by atoms with Crippen LogP contribution in [-0.4, -0.2) is 29.2 Å². The van der Waals surface area contributed by atoms with E-state index in [1.807, 2.05) is 42.7 Å². The number of halogens is 1. The lowest BCUT2D eigenvalue weighted by Crippen LogP contribution is -2.54. The molecule has 1 aliphatic heterocycles. The van der Waals surface area contributed by atoms with Gasteiger partial charge in [0.05, 0.1) is 18.1 Å². The lowest BCUT2D eigenvalue weighted by atomic mass is 10.1. The Kier molecular flexibility index (Phi) is 4.75. The van der Waals surface area contributed by atoms with E-state index >= 15 is 0 Å². The van der Waals surface area contributed by atoms with Crippen molar-refractivity contribution in [2.75, 3.05) is 23.3 Å². The Bertz CT molecular complexity index is 1210. The van der Waals surface area contributed by atoms with Crippen LogP contribution in [-0.2, 0) is 0 Å². The van der Waals surface area contributed by atoms with Gasteiger partial charge < -0.3 is 19.9 Å². The molecule has 152 valence electrons. The number of hydrogen-bond acceptors (Lipinski definition) is 4. The third-order valence-corrected chi connectivity index (χ3v) is 5.85. The van der Waals surface area contributed by atoms with Gasteiger partial charge in [0, 0.05) is 40.2 Å². The van der Waals surface area contributed by atoms with Gasteiger partial charge in [0.25, 0.3) is 0 Å². The molecule has 5 nitrogen and oxygen atoms in total. The zero-order valence-corrected chi connectivity index (χ0v) is 17.7. The van der Waals surface area contributed by atoms with Crippen molar-refractivity contribution in [2.24, 2.45) is 0 Å². The van der Waals surface area contributed by atoms with Crippen LogP contribution in [0.3, 0.4) is 0 Å². The number of aromatic amines is 1. The predicted octanol–water partition coefficient (Wildman–Crippen LogP) is 5.84. The summed E-state index contributed by atoms with van der Waals surface area (Å²) in [6.07, 6.45) is 3.93. The molecule has 0 spiro atoms. The summed E-state index contributed by atoms with van der Waals surface area (Å²) in [5, 5.41) is 5.15. The lowest BCUT2D eigenvalue weighted by Gasteiger charge is -2.41. The van der Waals surface area contributed by atoms with E-state index in [1.165, 1.54) is 11.3 Å². The van der Waals surface area contributed by atoms with Crippen molar-refractivity contribution in [3.8, 4) is 5.75 Å². The van der Waals surface area contributed by atoms with Gasteiger partial charge in [-0.3, -0.25) is 0 Å². The van der Waals surface area contributed by atoms with E-state index in [-0.39, 0.29) is 6.10 Å². The highest BCUT2D eigenvalue weighted by molar-refractivity contribution is 6.35. The van der Waals surface area contributed by atoms with Crippen molar-refractivity contribution in [2.45, 2.75) is 20.0 Å². The summed E-state index contributed by atoms with van der Waals surface area (Å²) in [4.78, 5) is 10.1. The Balaban J connectivity index is 1.30. The van der Waals surface area contributed by atoms with Crippen LogP contribution in [0, 0.1) is 13.8 Å². The fourth-order valence-corrected chi connectivity index (χ4v) is 4.20. The van der Waals surface area contributed by atoms with Gasteiger partial charge in [0.15, 0.2) is 0 Å². The number of pyridine rings is 1. The molecular formula is C24H23ClN4O. The Hall–Kier alpha value is -3.18. The first-order valence-corrected chi connectivity index (χ1v) is 10.4. The van der Waals surface area contributed by atoms with Crippen LogP contribution in [0.2, 0.25) is 5.02 Å². The molecule has 4 aromatic rings. The minimum Gasteiger partial charge on any atom is -0.487 e. The van der Waals surface area contributed by atoms with Crippen LogP contribution in [0.15, 0.2) is 60.9 Å². The number of fused-ring (bicyclic) bond motifs is 1. The third kappa shape index (κ3) is 3.57. The molecule has 5 rings (SSSR count). The predicted molar refractivity (Wildman–Crippen MR) is 123 cm³/mol. The highest BCUT2D eigenvalue weighted by Gasteiger charge is 2.30. The van der Waals surface area contributed by atoms with Crippen LogP contribution >= 0.6 is 11.6 Å². The smallest absolute Gasteiger partial charge is 0.135 e. The maximum absolute atomic E-state index is 6.41. The molecule has 0 saturated carbocycles. The second-order valence-electron chi connectivity index (χ2n) is 7.79. The van der Waals surface area contributed by atoms with Gasteiger partial charge >= 0.3 is 0 Å². The largest absolute Gasteiger partial charge is 0.487 e. The fourth-order valence-electron chi connectivity index (χ4n) is 3.91. The van der Waals surface area contributed by atoms with E-state index < -0.39 is 0 Å². The number of H-pyrrole nitrogens is 1. The first kappa shape index (κ1) is 18.8. The summed E-state index contributed by atoms with van der Waals surface area (Å²) in [5.41, 5.74) is 5.39. The molecule has 2 aromatic carbocycles. The average Bonchev–Trinajstić information content (AvgIpc) is 3.16. The van der Waals surface area contributed by atoms with E-state index in [4.69, 9.17) is 16.3 Å². The van der Waals surface area contributed by atoms with Crippen LogP contribution in [0.4, 0.5) is 17.2 Å². The first-order chi connectivity index (χ1) is 14.6. The summed E-state index contributed by atoms with van der Waals surface area (Å²) in [6.45, 7) is 5.89. The van der Waals surface area contributed by atoms with Crippen LogP contribution < -0.4 is 15.0 Å². The number of rotatable bonds is 5. The molecule has 6 heteroatoms. The minimum atomic E-state index is 0.199. The third-order valence-electron chi connectivity index (χ3n) is 5.54. The molecule has 1 saturated heterocycles. The van der Waals surface area contributed by atoms with Gasteiger partial charge in [0.1, 0.15) is 17.7 Å². The Morgan fingerprint density at radius 2 is 2.00 bits per heavy atom. The van der Waals surface area contributed by atoms with Crippen molar-refractivity contribution in [3.63, 3.8) is 0 Å². The topological polar surface area (TPSA) is 53.2 Å². The molecule has 0 aliphatic carbocycles. The number of nitrogens with one attached hydrogen (secondary N) is 2. The van der Waals surface area contributed by atoms with E-state index in [0.717, 1.165) is 46.8 Å². The molecule has 0 bridgehead atoms. The molecular weight excluding hydrogens is 396 g/mol. The molecule has 0 unspecified atom stereocenters. The van der Waals surface area contributed by atoms with E-state index in [1.54, 1.807) is 0 Å². The summed E-state index contributed by atoms with van der Waals surface area (Å²) in [5.74, 6) is 1.77. The highest BCUT2D eigenvalue weighted by atomic mass is 35.5. The zero-order chi connectivity index (χ0) is 20.7. The number of anilines is 3. The normalized spacial score (nSPS) is 14.0. The van der Waals surface area contributed by atoms with Crippen molar-refractivity contribution in [1.29, 1.82) is 0 Å². The van der Waals surface area contributed by atoms with Crippen LogP contribution in [0.25, 0.3) is 10.9 Å². The number of aryl methyl sites for hydroxylation is 1. The molecule has 0 atom stereocenters. The monoisotopic (exact) mass is 418 g/mol. The molecule has 3 heterocycles. The van der Waals surface area contributed by atoms with Crippen molar-refractivity contribution in [1.82, 2.24) is 9.97 Å². The van der Waals surface area contributed by atoms with Gasteiger partial charge in [-0.15, -0.1) is 0 Å². The first-order valence-electron chi connectivity index (χ1n) is 10.0. The number of benzene rings is 2. The lowest BCUT2D eigenvalue weighted by molar-refractivity contribution is 0.167. The maximum atomic E-state index is 6.41. The molecule has 0 amide bonds. The second-order valence-corrected chi connectivity index (χ2v) is 8.19. The highest BCUT2D eigenvalue weighted by Crippen LogP contribution is 2.33. The molecule has 2 N–H and O–H groups in total. The summed E-state index contributed by atoms with van der Waals surface area (Å²) < 4.78 is 6.10. The maximum Gasteiger partial charge on any atom is 0.135 e. The van der Waals surface area contributed by atoms with Gasteiger partial charge in [-0.2, -0.15) is 0 Å². The Labute approximate surface area is 180 Å². The molecule has 0 radical (unpaired) electrons. The van der Waals surface area contributed by atoms with E-state index in [9.17, 15) is 0 Å². The SMILES string of the molecule is Cc1cccc(OC2CN(c3ccnc(Nc4cc(Cl)c5cc[nH]c5c4)c3C)C2)c1. The summed E-state index contributed by atoms with van der Waals surface area (Å²) in [7, 11) is 0. The number of ether oxygens (including phenoxy) is 1. The second kappa shape index (κ2) is 7.58. The zero-order valence-electron chi connectivity index (χ0n) is 16.9. The van der Waals surface area contributed by atoms with Gasteiger partial charge in [-0.1, -0.05) is 23.7 Å². The van der Waals surface area contributed by atoms with Crippen molar-refractivity contribution >= 4 is 39.7 Å². The summed E-state index contributed by atoms with van der Waals surface area (Å²) in [6, 6.07) is 16.2. The minimum absolute atomic E-state index is 0.199. The molecule has 1 fully saturated rings. The quantitative estimate of drug-likeness (QED) is 0.427. The molecule has 1 aliphatic rings. The number of nitrogens with zero attached hydrogens (tertiary/aromatic N) is 2. The van der Waals surface area contributed by atoms with Gasteiger partial charge in [-0.05, 0) is 55.8 Å². The van der Waals surface area contributed by atoms with E-state index in [2.05, 4.69) is 52.2 Å². The van der Waals surface area contributed by atoms with Crippen LogP contribution in [0.5, 0.6) is 5.75 Å². The standard InChI is InChI=1S/C24H23ClN4O/c1-15-4-3-5-18(10-15)30-19-13-29(14-19)23-7-9-27-24(16(23)2)28-17-11-21(25)20-6-8-26-22(20)12-17/h3-12,19,26H,13-14H2,1-2H3,(H,27,28).